The van der Waals surface area contributed by atoms with Crippen LogP contribution in [0.1, 0.15) is 13.2 Å². The molecule has 20 heavy (non-hydrogen) atoms. The van der Waals surface area contributed by atoms with Gasteiger partial charge in [-0.05, 0) is 0 Å². The van der Waals surface area contributed by atoms with E-state index in [1.165, 1.54) is 11.5 Å². The fourth-order valence-corrected chi connectivity index (χ4v) is 2.37. The smallest absolute Gasteiger partial charge is 0.303 e. The Balaban J connectivity index is 1.96. The highest BCUT2D eigenvalue weighted by molar-refractivity contribution is 5.66. The summed E-state index contributed by atoms with van der Waals surface area (Å²) in [6, 6.07) is 0.0138. The van der Waals surface area contributed by atoms with E-state index in [1.807, 2.05) is 0 Å². The van der Waals surface area contributed by atoms with Gasteiger partial charge in [-0.25, -0.2) is 4.39 Å². The Morgan fingerprint density at radius 2 is 2.45 bits per heavy atom. The maximum atomic E-state index is 13.4. The molecule has 9 heteroatoms. The largest absolute Gasteiger partial charge is 0.456 e. The van der Waals surface area contributed by atoms with Crippen LogP contribution in [0.15, 0.2) is 6.20 Å². The Bertz CT molecular complexity index is 619. The standard InChI is InChI=1S/C11H12FN3O5/c1-4(17)18-7-6(3-16)19-10-8(7)20-11-14-9(13)5(12)2-15(10)11/h2,6-8,10,13,16H,3H2,1H3. The van der Waals surface area contributed by atoms with Crippen LogP contribution >= 0.6 is 0 Å². The zero-order valence-electron chi connectivity index (χ0n) is 10.4. The van der Waals surface area contributed by atoms with Crippen molar-refractivity contribution in [3.8, 4) is 6.01 Å². The maximum Gasteiger partial charge on any atom is 0.303 e. The molecule has 0 aromatic carbocycles. The molecule has 8 nitrogen and oxygen atoms in total. The SMILES string of the molecule is CC(=O)OC1C(CO)OC2C1Oc1nc(=N)c(F)cn12. The van der Waals surface area contributed by atoms with E-state index >= 15 is 0 Å². The summed E-state index contributed by atoms with van der Waals surface area (Å²) in [7, 11) is 0. The van der Waals surface area contributed by atoms with Crippen molar-refractivity contribution in [1.29, 1.82) is 5.41 Å². The molecule has 1 aromatic heterocycles. The average Bonchev–Trinajstić information content (AvgIpc) is 2.87. The highest BCUT2D eigenvalue weighted by atomic mass is 19.1. The number of halogens is 1. The third kappa shape index (κ3) is 1.86. The summed E-state index contributed by atoms with van der Waals surface area (Å²) in [5.41, 5.74) is -0.543. The van der Waals surface area contributed by atoms with Crippen LogP contribution in [0.2, 0.25) is 0 Å². The molecule has 0 amide bonds. The van der Waals surface area contributed by atoms with Gasteiger partial charge in [0.2, 0.25) is 0 Å². The molecule has 1 aromatic rings. The second-order valence-electron chi connectivity index (χ2n) is 4.53. The maximum absolute atomic E-state index is 13.4. The fraction of sp³-hybridized carbons (Fsp3) is 0.545. The van der Waals surface area contributed by atoms with Crippen molar-refractivity contribution >= 4 is 5.97 Å². The molecule has 0 spiro atoms. The number of aliphatic hydroxyl groups is 1. The van der Waals surface area contributed by atoms with Crippen molar-refractivity contribution in [3.05, 3.63) is 17.5 Å². The van der Waals surface area contributed by atoms with Crippen molar-refractivity contribution in [3.63, 3.8) is 0 Å². The summed E-state index contributed by atoms with van der Waals surface area (Å²) in [6.07, 6.45) is -2.02. The minimum absolute atomic E-state index is 0.0138. The number of esters is 1. The first-order chi connectivity index (χ1) is 9.51. The lowest BCUT2D eigenvalue weighted by molar-refractivity contribution is -0.153. The molecule has 1 fully saturated rings. The van der Waals surface area contributed by atoms with Crippen LogP contribution in [-0.4, -0.2) is 45.5 Å². The van der Waals surface area contributed by atoms with Gasteiger partial charge < -0.3 is 19.3 Å². The van der Waals surface area contributed by atoms with Crippen LogP contribution in [0.3, 0.4) is 0 Å². The van der Waals surface area contributed by atoms with Crippen LogP contribution in [0.25, 0.3) is 0 Å². The first-order valence-corrected chi connectivity index (χ1v) is 5.94. The van der Waals surface area contributed by atoms with Gasteiger partial charge in [0.1, 0.15) is 6.10 Å². The Hall–Kier alpha value is -2.00. The number of ether oxygens (including phenoxy) is 3. The number of nitrogens with one attached hydrogen (secondary N) is 1. The second-order valence-corrected chi connectivity index (χ2v) is 4.53. The number of aromatic nitrogens is 2. The summed E-state index contributed by atoms with van der Waals surface area (Å²) >= 11 is 0. The summed E-state index contributed by atoms with van der Waals surface area (Å²) in [6.45, 7) is 0.869. The quantitative estimate of drug-likeness (QED) is 0.681. The molecule has 4 atom stereocenters. The summed E-state index contributed by atoms with van der Waals surface area (Å²) < 4.78 is 30.7. The molecule has 2 aliphatic heterocycles. The van der Waals surface area contributed by atoms with E-state index < -0.39 is 41.8 Å². The van der Waals surface area contributed by atoms with Crippen molar-refractivity contribution in [2.75, 3.05) is 6.61 Å². The predicted molar refractivity (Wildman–Crippen MR) is 59.0 cm³/mol. The van der Waals surface area contributed by atoms with Gasteiger partial charge in [-0.2, -0.15) is 4.98 Å². The Labute approximate surface area is 112 Å². The molecule has 2 aliphatic rings. The van der Waals surface area contributed by atoms with Crippen LogP contribution < -0.4 is 10.2 Å². The molecule has 3 rings (SSSR count). The molecule has 1 saturated heterocycles. The molecule has 0 bridgehead atoms. The molecule has 108 valence electrons. The average molecular weight is 285 g/mol. The molecule has 2 N–H and O–H groups in total. The van der Waals surface area contributed by atoms with E-state index in [2.05, 4.69) is 4.98 Å². The van der Waals surface area contributed by atoms with Gasteiger partial charge in [-0.3, -0.25) is 14.8 Å². The number of carbonyl (C=O) groups excluding carboxylic acids is 1. The van der Waals surface area contributed by atoms with E-state index in [9.17, 15) is 14.3 Å². The first-order valence-electron chi connectivity index (χ1n) is 5.94. The van der Waals surface area contributed by atoms with Crippen molar-refractivity contribution in [1.82, 2.24) is 9.55 Å². The van der Waals surface area contributed by atoms with Crippen molar-refractivity contribution < 1.29 is 28.5 Å². The molecule has 3 heterocycles. The van der Waals surface area contributed by atoms with E-state index in [-0.39, 0.29) is 12.6 Å². The fourth-order valence-electron chi connectivity index (χ4n) is 2.37. The number of hydrogen-bond donors (Lipinski definition) is 2. The van der Waals surface area contributed by atoms with Gasteiger partial charge >= 0.3 is 12.0 Å². The van der Waals surface area contributed by atoms with Gasteiger partial charge in [-0.1, -0.05) is 0 Å². The zero-order chi connectivity index (χ0) is 14.4. The van der Waals surface area contributed by atoms with E-state index in [4.69, 9.17) is 19.6 Å². The number of carbonyl (C=O) groups is 1. The molecule has 0 aliphatic carbocycles. The number of nitrogens with zero attached hydrogens (tertiary/aromatic N) is 2. The number of aliphatic hydroxyl groups excluding tert-OH is 1. The Kier molecular flexibility index (Phi) is 2.94. The van der Waals surface area contributed by atoms with Gasteiger partial charge in [0.05, 0.1) is 12.8 Å². The van der Waals surface area contributed by atoms with Crippen LogP contribution in [0.4, 0.5) is 4.39 Å². The highest BCUT2D eigenvalue weighted by Crippen LogP contribution is 2.40. The molecule has 0 radical (unpaired) electrons. The Morgan fingerprint density at radius 3 is 3.10 bits per heavy atom. The predicted octanol–water partition coefficient (Wildman–Crippen LogP) is -0.916. The summed E-state index contributed by atoms with van der Waals surface area (Å²) in [5.74, 6) is -1.36. The van der Waals surface area contributed by atoms with Gasteiger partial charge in [0, 0.05) is 6.92 Å². The minimum Gasteiger partial charge on any atom is -0.456 e. The lowest BCUT2D eigenvalue weighted by Gasteiger charge is -2.19. The normalized spacial score (nSPS) is 30.6. The number of rotatable bonds is 2. The minimum atomic E-state index is -0.821. The van der Waals surface area contributed by atoms with Crippen LogP contribution in [0, 0.1) is 11.2 Å². The molecule has 0 saturated carbocycles. The summed E-state index contributed by atoms with van der Waals surface area (Å²) in [4.78, 5) is 14.8. The number of hydrogen-bond acceptors (Lipinski definition) is 7. The van der Waals surface area contributed by atoms with Crippen LogP contribution in [-0.2, 0) is 14.3 Å². The Morgan fingerprint density at radius 1 is 1.70 bits per heavy atom. The van der Waals surface area contributed by atoms with Crippen molar-refractivity contribution in [2.45, 2.75) is 31.5 Å². The molecular weight excluding hydrogens is 273 g/mol. The lowest BCUT2D eigenvalue weighted by atomic mass is 10.1. The van der Waals surface area contributed by atoms with E-state index in [1.54, 1.807) is 0 Å². The monoisotopic (exact) mass is 285 g/mol. The second kappa shape index (κ2) is 4.53. The van der Waals surface area contributed by atoms with Crippen LogP contribution in [0.5, 0.6) is 6.01 Å². The molecular formula is C11H12FN3O5. The third-order valence-corrected chi connectivity index (χ3v) is 3.19. The number of fused-ring (bicyclic) bond motifs is 3. The topological polar surface area (TPSA) is 107 Å². The third-order valence-electron chi connectivity index (χ3n) is 3.19. The zero-order valence-corrected chi connectivity index (χ0v) is 10.4. The highest BCUT2D eigenvalue weighted by Gasteiger charge is 2.53. The lowest BCUT2D eigenvalue weighted by Crippen LogP contribution is -2.38. The van der Waals surface area contributed by atoms with E-state index in [0.29, 0.717) is 0 Å². The molecule has 4 unspecified atom stereocenters. The van der Waals surface area contributed by atoms with Crippen molar-refractivity contribution in [2.24, 2.45) is 0 Å². The first kappa shape index (κ1) is 13.0. The van der Waals surface area contributed by atoms with Gasteiger partial charge in [0.15, 0.2) is 29.7 Å². The van der Waals surface area contributed by atoms with Gasteiger partial charge in [-0.15, -0.1) is 0 Å². The van der Waals surface area contributed by atoms with E-state index in [0.717, 1.165) is 6.20 Å². The van der Waals surface area contributed by atoms with Gasteiger partial charge in [0.25, 0.3) is 0 Å². The summed E-state index contributed by atoms with van der Waals surface area (Å²) in [5, 5.41) is 16.5.